The first-order chi connectivity index (χ1) is 11.5. The molecular weight excluding hydrogens is 302 g/mol. The number of rotatable bonds is 5. The third kappa shape index (κ3) is 6.32. The van der Waals surface area contributed by atoms with Gasteiger partial charge in [0.2, 0.25) is 11.8 Å². The molecule has 1 fully saturated rings. The molecule has 0 spiro atoms. The summed E-state index contributed by atoms with van der Waals surface area (Å²) in [6.45, 7) is 8.96. The Morgan fingerprint density at radius 1 is 1.12 bits per heavy atom. The first-order valence-corrected chi connectivity index (χ1v) is 8.92. The number of piperidine rings is 1. The Morgan fingerprint density at radius 3 is 2.12 bits per heavy atom. The quantitative estimate of drug-likeness (QED) is 0.868. The minimum Gasteiger partial charge on any atom is -0.366 e. The highest BCUT2D eigenvalue weighted by atomic mass is 16.2. The van der Waals surface area contributed by atoms with E-state index in [2.05, 4.69) is 19.2 Å². The van der Waals surface area contributed by atoms with Crippen LogP contribution >= 0.6 is 0 Å². The minimum absolute atomic E-state index is 0.149. The number of primary amides is 1. The first kappa shape index (κ1) is 20.2. The van der Waals surface area contributed by atoms with Gasteiger partial charge in [0.15, 0.2) is 0 Å². The molecule has 5 heteroatoms. The van der Waals surface area contributed by atoms with Crippen molar-refractivity contribution >= 4 is 11.8 Å². The molecule has 1 heterocycles. The third-order valence-corrected chi connectivity index (χ3v) is 4.00. The normalized spacial score (nSPS) is 14.5. The number of hydrogen-bond acceptors (Lipinski definition) is 3. The molecule has 0 saturated carbocycles. The molecule has 0 radical (unpaired) electrons. The highest BCUT2D eigenvalue weighted by Gasteiger charge is 2.23. The van der Waals surface area contributed by atoms with Gasteiger partial charge in [-0.2, -0.15) is 0 Å². The number of likely N-dealkylation sites (N-methyl/N-ethyl adjacent to an activating group) is 1. The van der Waals surface area contributed by atoms with Crippen LogP contribution in [0.4, 0.5) is 0 Å². The van der Waals surface area contributed by atoms with Gasteiger partial charge in [-0.1, -0.05) is 32.4 Å². The number of amides is 2. The molecule has 0 bridgehead atoms. The van der Waals surface area contributed by atoms with Crippen LogP contribution in [0.1, 0.15) is 56.0 Å². The molecule has 0 aromatic heterocycles. The number of nitrogens with one attached hydrogen (secondary N) is 1. The molecule has 1 aliphatic rings. The second-order valence-electron chi connectivity index (χ2n) is 6.11. The van der Waals surface area contributed by atoms with Gasteiger partial charge in [-0.05, 0) is 50.6 Å². The Balaban J connectivity index is 0.000000891. The van der Waals surface area contributed by atoms with Crippen molar-refractivity contribution < 1.29 is 9.59 Å². The number of nitrogens with zero attached hydrogens (tertiary/aromatic N) is 1. The van der Waals surface area contributed by atoms with Gasteiger partial charge in [-0.15, -0.1) is 0 Å². The highest BCUT2D eigenvalue weighted by Crippen LogP contribution is 2.14. The zero-order valence-electron chi connectivity index (χ0n) is 15.2. The van der Waals surface area contributed by atoms with Crippen LogP contribution in [0.25, 0.3) is 0 Å². The monoisotopic (exact) mass is 333 g/mol. The Bertz CT molecular complexity index is 508. The molecule has 1 saturated heterocycles. The maximum absolute atomic E-state index is 12.5. The van der Waals surface area contributed by atoms with Crippen LogP contribution in [0, 0.1) is 0 Å². The highest BCUT2D eigenvalue weighted by molar-refractivity contribution is 5.92. The summed E-state index contributed by atoms with van der Waals surface area (Å²) in [5.74, 6) is -0.297. The van der Waals surface area contributed by atoms with Gasteiger partial charge in [0.25, 0.3) is 0 Å². The molecule has 0 atom stereocenters. The van der Waals surface area contributed by atoms with Crippen molar-refractivity contribution in [2.75, 3.05) is 19.6 Å². The molecule has 0 aliphatic carbocycles. The zero-order chi connectivity index (χ0) is 17.9. The fourth-order valence-corrected chi connectivity index (χ4v) is 2.82. The van der Waals surface area contributed by atoms with Crippen LogP contribution in [0.15, 0.2) is 24.3 Å². The predicted molar refractivity (Wildman–Crippen MR) is 97.9 cm³/mol. The summed E-state index contributed by atoms with van der Waals surface area (Å²) in [7, 11) is 0. The molecule has 5 nitrogen and oxygen atoms in total. The summed E-state index contributed by atoms with van der Waals surface area (Å²) in [6.07, 6.45) is 3.65. The van der Waals surface area contributed by atoms with Crippen molar-refractivity contribution in [2.45, 2.75) is 52.5 Å². The number of hydrogen-bond donors (Lipinski definition) is 2. The molecular formula is C19H31N3O2. The molecule has 3 N–H and O–H groups in total. The Kier molecular flexibility index (Phi) is 9.08. The van der Waals surface area contributed by atoms with Crippen molar-refractivity contribution in [2.24, 2.45) is 5.73 Å². The molecule has 134 valence electrons. The van der Waals surface area contributed by atoms with Crippen molar-refractivity contribution in [3.05, 3.63) is 35.4 Å². The molecule has 0 unspecified atom stereocenters. The lowest BCUT2D eigenvalue weighted by Gasteiger charge is -2.34. The van der Waals surface area contributed by atoms with E-state index in [1.54, 1.807) is 24.3 Å². The Hall–Kier alpha value is -1.88. The summed E-state index contributed by atoms with van der Waals surface area (Å²) >= 11 is 0. The maximum Gasteiger partial charge on any atom is 0.248 e. The van der Waals surface area contributed by atoms with E-state index >= 15 is 0 Å². The van der Waals surface area contributed by atoms with Crippen molar-refractivity contribution in [1.82, 2.24) is 10.2 Å². The smallest absolute Gasteiger partial charge is 0.248 e. The topological polar surface area (TPSA) is 75.4 Å². The van der Waals surface area contributed by atoms with E-state index in [1.165, 1.54) is 6.42 Å². The van der Waals surface area contributed by atoms with Gasteiger partial charge >= 0.3 is 0 Å². The van der Waals surface area contributed by atoms with Gasteiger partial charge in [-0.25, -0.2) is 0 Å². The zero-order valence-corrected chi connectivity index (χ0v) is 15.2. The van der Waals surface area contributed by atoms with Crippen LogP contribution in [0.2, 0.25) is 0 Å². The van der Waals surface area contributed by atoms with E-state index in [0.29, 0.717) is 18.0 Å². The fourth-order valence-electron chi connectivity index (χ4n) is 2.82. The average Bonchev–Trinajstić information content (AvgIpc) is 2.57. The molecule has 24 heavy (non-hydrogen) atoms. The number of carbonyl (C=O) groups is 2. The summed E-state index contributed by atoms with van der Waals surface area (Å²) in [4.78, 5) is 25.5. The van der Waals surface area contributed by atoms with E-state index in [9.17, 15) is 9.59 Å². The Labute approximate surface area is 145 Å². The molecule has 1 aliphatic heterocycles. The van der Waals surface area contributed by atoms with Crippen LogP contribution < -0.4 is 11.1 Å². The standard InChI is InChI=1S/C16H23N3O2.C3H8/c1-2-19(14-7-9-18-10-8-14)15(20)11-12-3-5-13(6-4-12)16(17)21;1-3-2/h3-6,14,18H,2,7-11H2,1H3,(H2,17,21);3H2,1-2H3. The Morgan fingerprint density at radius 2 is 1.67 bits per heavy atom. The molecule has 2 amide bonds. The predicted octanol–water partition coefficient (Wildman–Crippen LogP) is 2.34. The van der Waals surface area contributed by atoms with Crippen LogP contribution in [-0.4, -0.2) is 42.4 Å². The van der Waals surface area contributed by atoms with Gasteiger partial charge < -0.3 is 16.0 Å². The lowest BCUT2D eigenvalue weighted by atomic mass is 10.0. The third-order valence-electron chi connectivity index (χ3n) is 4.00. The lowest BCUT2D eigenvalue weighted by Crippen LogP contribution is -2.46. The van der Waals surface area contributed by atoms with Crippen molar-refractivity contribution in [1.29, 1.82) is 0 Å². The molecule has 2 rings (SSSR count). The van der Waals surface area contributed by atoms with Gasteiger partial charge in [0.05, 0.1) is 6.42 Å². The summed E-state index contributed by atoms with van der Waals surface area (Å²) in [5, 5.41) is 3.32. The largest absolute Gasteiger partial charge is 0.366 e. The minimum atomic E-state index is -0.447. The van der Waals surface area contributed by atoms with Crippen LogP contribution in [-0.2, 0) is 11.2 Å². The van der Waals surface area contributed by atoms with Gasteiger partial charge in [-0.3, -0.25) is 9.59 Å². The summed E-state index contributed by atoms with van der Waals surface area (Å²) < 4.78 is 0. The second-order valence-corrected chi connectivity index (χ2v) is 6.11. The van der Waals surface area contributed by atoms with E-state index < -0.39 is 5.91 Å². The number of carbonyl (C=O) groups excluding carboxylic acids is 2. The number of nitrogens with two attached hydrogens (primary N) is 1. The lowest BCUT2D eigenvalue weighted by molar-refractivity contribution is -0.133. The van der Waals surface area contributed by atoms with E-state index in [1.807, 2.05) is 11.8 Å². The maximum atomic E-state index is 12.5. The van der Waals surface area contributed by atoms with E-state index in [4.69, 9.17) is 5.73 Å². The van der Waals surface area contributed by atoms with Gasteiger partial charge in [0.1, 0.15) is 0 Å². The van der Waals surface area contributed by atoms with Crippen LogP contribution in [0.3, 0.4) is 0 Å². The van der Waals surface area contributed by atoms with E-state index in [-0.39, 0.29) is 5.91 Å². The second kappa shape index (κ2) is 10.8. The number of benzene rings is 1. The SMILES string of the molecule is CCC.CCN(C(=O)Cc1ccc(C(N)=O)cc1)C1CCNCC1. The van der Waals surface area contributed by atoms with Crippen LogP contribution in [0.5, 0.6) is 0 Å². The average molecular weight is 333 g/mol. The molecule has 1 aromatic rings. The van der Waals surface area contributed by atoms with Gasteiger partial charge in [0, 0.05) is 18.2 Å². The summed E-state index contributed by atoms with van der Waals surface area (Å²) in [6, 6.07) is 7.29. The van der Waals surface area contributed by atoms with Crippen molar-refractivity contribution in [3.63, 3.8) is 0 Å². The summed E-state index contributed by atoms with van der Waals surface area (Å²) in [5.41, 5.74) is 6.60. The van der Waals surface area contributed by atoms with E-state index in [0.717, 1.165) is 38.0 Å². The van der Waals surface area contributed by atoms with Crippen molar-refractivity contribution in [3.8, 4) is 0 Å². The molecule has 1 aromatic carbocycles. The fraction of sp³-hybridized carbons (Fsp3) is 0.579. The first-order valence-electron chi connectivity index (χ1n) is 8.92.